The first-order valence-electron chi connectivity index (χ1n) is 11.5. The van der Waals surface area contributed by atoms with E-state index in [1.807, 2.05) is 74.1 Å². The molecule has 0 bridgehead atoms. The molecule has 0 fully saturated rings. The van der Waals surface area contributed by atoms with E-state index in [0.717, 1.165) is 33.8 Å². The molecule has 0 aromatic heterocycles. The number of rotatable bonds is 6. The van der Waals surface area contributed by atoms with Gasteiger partial charge in [-0.1, -0.05) is 6.07 Å². The molecule has 1 aliphatic heterocycles. The normalized spacial score (nSPS) is 10.7. The maximum atomic E-state index is 13.0. The first-order chi connectivity index (χ1) is 17.2. The van der Waals surface area contributed by atoms with Crippen molar-refractivity contribution >= 4 is 34.6 Å². The van der Waals surface area contributed by atoms with Gasteiger partial charge < -0.3 is 19.6 Å². The Morgan fingerprint density at radius 3 is 2.47 bits per heavy atom. The van der Waals surface area contributed by atoms with E-state index in [4.69, 9.17) is 14.7 Å². The molecule has 182 valence electrons. The predicted molar refractivity (Wildman–Crippen MR) is 140 cm³/mol. The first-order valence-corrected chi connectivity index (χ1v) is 11.5. The van der Waals surface area contributed by atoms with Crippen molar-refractivity contribution in [2.75, 3.05) is 39.7 Å². The summed E-state index contributed by atoms with van der Waals surface area (Å²) in [4.78, 5) is 30.4. The molecule has 0 amide bonds. The zero-order valence-electron chi connectivity index (χ0n) is 20.9. The lowest BCUT2D eigenvalue weighted by Crippen LogP contribution is -2.21. The van der Waals surface area contributed by atoms with Crippen LogP contribution in [0.25, 0.3) is 39.0 Å². The van der Waals surface area contributed by atoms with Gasteiger partial charge in [-0.3, -0.25) is 4.79 Å². The fourth-order valence-corrected chi connectivity index (χ4v) is 4.14. The highest BCUT2D eigenvalue weighted by Gasteiger charge is 2.24. The van der Waals surface area contributed by atoms with Crippen LogP contribution in [0, 0.1) is 0 Å². The van der Waals surface area contributed by atoms with Gasteiger partial charge in [0, 0.05) is 54.0 Å². The van der Waals surface area contributed by atoms with Crippen molar-refractivity contribution in [3.8, 4) is 22.5 Å². The Bertz CT molecular complexity index is 1590. The lowest BCUT2D eigenvalue weighted by atomic mass is 9.88. The van der Waals surface area contributed by atoms with Gasteiger partial charge in [0.2, 0.25) is 5.36 Å². The smallest absolute Gasteiger partial charge is 0.338 e. The summed E-state index contributed by atoms with van der Waals surface area (Å²) in [6, 6.07) is 16.6. The highest BCUT2D eigenvalue weighted by Crippen LogP contribution is 2.42. The fourth-order valence-electron chi connectivity index (χ4n) is 4.14. The van der Waals surface area contributed by atoms with Gasteiger partial charge in [0.25, 0.3) is 5.78 Å². The van der Waals surface area contributed by atoms with Gasteiger partial charge in [-0.25, -0.2) is 9.37 Å². The zero-order chi connectivity index (χ0) is 26.0. The number of anilines is 1. The van der Waals surface area contributed by atoms with Gasteiger partial charge >= 0.3 is 12.2 Å². The number of benzene rings is 3. The van der Waals surface area contributed by atoms with Crippen LogP contribution in [0.1, 0.15) is 27.6 Å². The Labute approximate surface area is 208 Å². The minimum absolute atomic E-state index is 0.208. The number of Topliss-reactive ketones (excluding diaryl/α,β-unsaturated/α-hetero) is 1. The van der Waals surface area contributed by atoms with Crippen molar-refractivity contribution in [2.45, 2.75) is 6.92 Å². The highest BCUT2D eigenvalue weighted by molar-refractivity contribution is 6.35. The SMILES string of the molecule is CCOC(=O)c1ccc(-c2c3ccc(=[N+](C)C)cc-3oc3cc(N(C)C)ccc23)c(C(=O)C=[N+]=[N-])c1. The second kappa shape index (κ2) is 9.98. The number of nitrogens with zero attached hydrogens (tertiary/aromatic N) is 4. The summed E-state index contributed by atoms with van der Waals surface area (Å²) in [7, 11) is 7.80. The molecule has 0 saturated heterocycles. The van der Waals surface area contributed by atoms with Crippen LogP contribution in [-0.2, 0) is 4.74 Å². The van der Waals surface area contributed by atoms with E-state index in [2.05, 4.69) is 4.79 Å². The van der Waals surface area contributed by atoms with Crippen LogP contribution in [0.2, 0.25) is 0 Å². The van der Waals surface area contributed by atoms with Crippen LogP contribution < -0.4 is 14.8 Å². The molecular formula is C28H27N4O4+. The Morgan fingerprint density at radius 1 is 1.06 bits per heavy atom. The molecule has 0 spiro atoms. The Balaban J connectivity index is 2.13. The van der Waals surface area contributed by atoms with Crippen LogP contribution in [0.4, 0.5) is 5.69 Å². The third-order valence-corrected chi connectivity index (χ3v) is 5.96. The predicted octanol–water partition coefficient (Wildman–Crippen LogP) is 3.96. The summed E-state index contributed by atoms with van der Waals surface area (Å²) in [5.74, 6) is -0.443. The molecular weight excluding hydrogens is 456 g/mol. The summed E-state index contributed by atoms with van der Waals surface area (Å²) in [5, 5.41) is 1.76. The third-order valence-electron chi connectivity index (χ3n) is 5.96. The Kier molecular flexibility index (Phi) is 6.81. The molecule has 2 aromatic carbocycles. The molecule has 4 rings (SSSR count). The van der Waals surface area contributed by atoms with Crippen molar-refractivity contribution < 1.29 is 23.5 Å². The Morgan fingerprint density at radius 2 is 1.81 bits per heavy atom. The number of ether oxygens (including phenoxy) is 1. The summed E-state index contributed by atoms with van der Waals surface area (Å²) in [6.45, 7) is 1.92. The monoisotopic (exact) mass is 483 g/mol. The van der Waals surface area contributed by atoms with Crippen molar-refractivity contribution in [1.82, 2.24) is 4.58 Å². The van der Waals surface area contributed by atoms with Gasteiger partial charge in [0.15, 0.2) is 0 Å². The van der Waals surface area contributed by atoms with Gasteiger partial charge in [-0.05, 0) is 42.8 Å². The van der Waals surface area contributed by atoms with E-state index < -0.39 is 11.8 Å². The van der Waals surface area contributed by atoms with Crippen LogP contribution >= 0.6 is 0 Å². The highest BCUT2D eigenvalue weighted by atomic mass is 16.5. The number of ketones is 1. The molecule has 0 saturated carbocycles. The zero-order valence-corrected chi connectivity index (χ0v) is 20.9. The molecule has 8 heteroatoms. The van der Waals surface area contributed by atoms with E-state index in [1.54, 1.807) is 19.1 Å². The maximum Gasteiger partial charge on any atom is 0.338 e. The molecule has 0 radical (unpaired) electrons. The van der Waals surface area contributed by atoms with E-state index in [-0.39, 0.29) is 17.7 Å². The van der Waals surface area contributed by atoms with E-state index in [9.17, 15) is 9.59 Å². The number of carbonyl (C=O) groups is 2. The van der Waals surface area contributed by atoms with Gasteiger partial charge in [0.05, 0.1) is 18.2 Å². The first kappa shape index (κ1) is 24.6. The molecule has 1 aliphatic carbocycles. The van der Waals surface area contributed by atoms with Crippen LogP contribution in [0.15, 0.2) is 59.0 Å². The van der Waals surface area contributed by atoms with Crippen LogP contribution in [0.3, 0.4) is 0 Å². The molecule has 36 heavy (non-hydrogen) atoms. The number of hydrogen-bond donors (Lipinski definition) is 0. The largest absolute Gasteiger partial charge is 0.462 e. The van der Waals surface area contributed by atoms with Crippen molar-refractivity contribution in [2.24, 2.45) is 0 Å². The minimum Gasteiger partial charge on any atom is -0.462 e. The number of hydrogen-bond acceptors (Lipinski definition) is 5. The minimum atomic E-state index is -0.546. The molecule has 2 aliphatic rings. The molecule has 0 atom stereocenters. The lowest BCUT2D eigenvalue weighted by Gasteiger charge is -2.19. The van der Waals surface area contributed by atoms with Crippen LogP contribution in [0.5, 0.6) is 0 Å². The second-order valence-corrected chi connectivity index (χ2v) is 8.72. The topological polar surface area (TPSA) is 99.2 Å². The summed E-state index contributed by atoms with van der Waals surface area (Å²) < 4.78 is 13.5. The Hall–Kier alpha value is -4.55. The fraction of sp³-hybridized carbons (Fsp3) is 0.214. The third kappa shape index (κ3) is 4.54. The van der Waals surface area contributed by atoms with Crippen LogP contribution in [-0.4, -0.2) is 57.6 Å². The van der Waals surface area contributed by atoms with E-state index >= 15 is 0 Å². The lowest BCUT2D eigenvalue weighted by molar-refractivity contribution is 0.00234. The quantitative estimate of drug-likeness (QED) is 0.0786. The molecule has 2 aromatic rings. The van der Waals surface area contributed by atoms with E-state index in [0.29, 0.717) is 16.9 Å². The van der Waals surface area contributed by atoms with Gasteiger partial charge in [-0.15, -0.1) is 0 Å². The molecule has 0 unspecified atom stereocenters. The second-order valence-electron chi connectivity index (χ2n) is 8.72. The van der Waals surface area contributed by atoms with Crippen molar-refractivity contribution in [3.63, 3.8) is 0 Å². The maximum absolute atomic E-state index is 13.0. The number of fused-ring (bicyclic) bond motifs is 2. The molecule has 1 heterocycles. The van der Waals surface area contributed by atoms with E-state index in [1.165, 1.54) is 6.07 Å². The summed E-state index contributed by atoms with van der Waals surface area (Å²) in [5.41, 5.74) is 13.2. The number of carbonyl (C=O) groups excluding carboxylic acids is 2. The summed E-state index contributed by atoms with van der Waals surface area (Å²) >= 11 is 0. The molecule has 0 N–H and O–H groups in total. The average Bonchev–Trinajstić information content (AvgIpc) is 2.86. The van der Waals surface area contributed by atoms with Gasteiger partial charge in [-0.2, -0.15) is 4.79 Å². The average molecular weight is 484 g/mol. The van der Waals surface area contributed by atoms with Gasteiger partial charge in [0.1, 0.15) is 25.4 Å². The van der Waals surface area contributed by atoms with Crippen molar-refractivity contribution in [3.05, 3.63) is 76.6 Å². The standard InChI is InChI=1S/C28H27N4O4/c1-6-35-28(34)17-7-10-20(23(13-17)24(33)16-30-29)27-21-11-8-18(31(2)3)14-25(21)36-26-15-19(32(4)5)9-12-22(26)27/h7-16H,6H2,1-5H3/q+1. The summed E-state index contributed by atoms with van der Waals surface area (Å²) in [6.07, 6.45) is 0.819. The number of esters is 1. The molecule has 8 nitrogen and oxygen atoms in total. The van der Waals surface area contributed by atoms with Crippen molar-refractivity contribution in [1.29, 1.82) is 0 Å².